The average molecular weight is 255 g/mol. The van der Waals surface area contributed by atoms with Gasteiger partial charge in [0.15, 0.2) is 5.60 Å². The molecule has 2 fully saturated rings. The Morgan fingerprint density at radius 2 is 2.37 bits per heavy atom. The van der Waals surface area contributed by atoms with Gasteiger partial charge in [-0.15, -0.1) is 5.92 Å². The van der Waals surface area contributed by atoms with Crippen LogP contribution < -0.4 is 0 Å². The summed E-state index contributed by atoms with van der Waals surface area (Å²) in [6.45, 7) is 2.96. The molecular formula is C16H17NO2. The summed E-state index contributed by atoms with van der Waals surface area (Å²) in [4.78, 5) is 14.4. The molecule has 1 aliphatic carbocycles. The van der Waals surface area contributed by atoms with Gasteiger partial charge in [-0.3, -0.25) is 4.90 Å². The summed E-state index contributed by atoms with van der Waals surface area (Å²) in [6, 6.07) is 0.751. The van der Waals surface area contributed by atoms with Crippen LogP contribution in [0, 0.1) is 11.8 Å². The van der Waals surface area contributed by atoms with Crippen LogP contribution >= 0.6 is 0 Å². The van der Waals surface area contributed by atoms with Crippen LogP contribution in [0.5, 0.6) is 0 Å². The maximum absolute atomic E-state index is 11.8. The molecule has 0 aromatic carbocycles. The molecule has 0 amide bonds. The fourth-order valence-corrected chi connectivity index (χ4v) is 4.30. The molecule has 19 heavy (non-hydrogen) atoms. The first-order valence-electron chi connectivity index (χ1n) is 7.10. The zero-order valence-corrected chi connectivity index (χ0v) is 11.1. The molecule has 3 heteroatoms. The Kier molecular flexibility index (Phi) is 2.23. The molecule has 2 saturated heterocycles. The lowest BCUT2D eigenvalue weighted by atomic mass is 9.77. The van der Waals surface area contributed by atoms with Crippen molar-refractivity contribution in [3.8, 4) is 11.8 Å². The van der Waals surface area contributed by atoms with E-state index in [9.17, 15) is 4.79 Å². The Labute approximate surface area is 113 Å². The van der Waals surface area contributed by atoms with Gasteiger partial charge in [0.05, 0.1) is 6.04 Å². The van der Waals surface area contributed by atoms with E-state index in [4.69, 9.17) is 4.74 Å². The summed E-state index contributed by atoms with van der Waals surface area (Å²) >= 11 is 0. The highest BCUT2D eigenvalue weighted by Gasteiger charge is 2.61. The van der Waals surface area contributed by atoms with Gasteiger partial charge >= 0.3 is 5.97 Å². The first-order valence-corrected chi connectivity index (χ1v) is 7.10. The van der Waals surface area contributed by atoms with Crippen LogP contribution in [-0.2, 0) is 9.53 Å². The van der Waals surface area contributed by atoms with Crippen molar-refractivity contribution < 1.29 is 9.53 Å². The number of nitrogens with zero attached hydrogens (tertiary/aromatic N) is 1. The SMILES string of the molecule is CC#CC1=C[C@@H]2C[C@@]3(OC(=O)C=C13)C1CCCCN12. The van der Waals surface area contributed by atoms with E-state index in [0.29, 0.717) is 12.1 Å². The number of esters is 1. The Bertz CT molecular complexity index is 577. The van der Waals surface area contributed by atoms with E-state index >= 15 is 0 Å². The highest BCUT2D eigenvalue weighted by molar-refractivity contribution is 5.90. The highest BCUT2D eigenvalue weighted by Crippen LogP contribution is 2.53. The number of carbonyl (C=O) groups excluding carboxylic acids is 1. The van der Waals surface area contributed by atoms with E-state index < -0.39 is 5.60 Å². The lowest BCUT2D eigenvalue weighted by Gasteiger charge is -2.38. The van der Waals surface area contributed by atoms with Crippen LogP contribution in [0.4, 0.5) is 0 Å². The van der Waals surface area contributed by atoms with Crippen molar-refractivity contribution in [2.45, 2.75) is 50.3 Å². The summed E-state index contributed by atoms with van der Waals surface area (Å²) in [6.07, 6.45) is 8.44. The van der Waals surface area contributed by atoms with Crippen molar-refractivity contribution >= 4 is 5.97 Å². The second kappa shape index (κ2) is 3.74. The summed E-state index contributed by atoms with van der Waals surface area (Å²) in [5.41, 5.74) is 1.66. The van der Waals surface area contributed by atoms with E-state index in [1.54, 1.807) is 6.08 Å². The largest absolute Gasteiger partial charge is 0.449 e. The second-order valence-corrected chi connectivity index (χ2v) is 5.84. The molecule has 0 aromatic rings. The molecule has 4 aliphatic rings. The number of fused-ring (bicyclic) bond motifs is 3. The van der Waals surface area contributed by atoms with Crippen molar-refractivity contribution in [3.05, 3.63) is 23.3 Å². The first kappa shape index (κ1) is 11.3. The number of hydrogen-bond acceptors (Lipinski definition) is 3. The van der Waals surface area contributed by atoms with E-state index in [-0.39, 0.29) is 5.97 Å². The second-order valence-electron chi connectivity index (χ2n) is 5.84. The van der Waals surface area contributed by atoms with Crippen LogP contribution in [-0.4, -0.2) is 35.1 Å². The Hall–Kier alpha value is -1.53. The topological polar surface area (TPSA) is 29.5 Å². The van der Waals surface area contributed by atoms with E-state index in [2.05, 4.69) is 22.8 Å². The fourth-order valence-electron chi connectivity index (χ4n) is 4.30. The van der Waals surface area contributed by atoms with Gasteiger partial charge in [-0.2, -0.15) is 0 Å². The highest BCUT2D eigenvalue weighted by atomic mass is 16.6. The molecule has 0 aromatic heterocycles. The van der Waals surface area contributed by atoms with Gasteiger partial charge in [0.2, 0.25) is 0 Å². The van der Waals surface area contributed by atoms with Crippen molar-refractivity contribution in [3.63, 3.8) is 0 Å². The number of carbonyl (C=O) groups is 1. The standard InChI is InChI=1S/C16H17NO2/c1-2-5-11-8-12-10-16(13(11)9-15(18)19-16)14-6-3-4-7-17(12)14/h8-9,12,14H,3-4,6-7,10H2,1H3/t12-,14?,16+/m1/s1. The molecule has 3 atom stereocenters. The molecule has 98 valence electrons. The average Bonchev–Trinajstić information content (AvgIpc) is 2.88. The zero-order valence-electron chi connectivity index (χ0n) is 11.1. The molecule has 3 aliphatic heterocycles. The maximum atomic E-state index is 11.8. The third kappa shape index (κ3) is 1.35. The minimum absolute atomic E-state index is 0.188. The molecule has 3 heterocycles. The number of rotatable bonds is 0. The van der Waals surface area contributed by atoms with Crippen LogP contribution in [0.15, 0.2) is 23.3 Å². The number of piperidine rings is 1. The van der Waals surface area contributed by atoms with Crippen molar-refractivity contribution in [1.29, 1.82) is 0 Å². The normalized spacial score (nSPS) is 39.5. The molecule has 4 rings (SSSR count). The lowest BCUT2D eigenvalue weighted by Crippen LogP contribution is -2.48. The van der Waals surface area contributed by atoms with Crippen molar-refractivity contribution in [2.24, 2.45) is 0 Å². The molecule has 0 N–H and O–H groups in total. The third-order valence-electron chi connectivity index (χ3n) is 4.93. The van der Waals surface area contributed by atoms with Gasteiger partial charge in [-0.25, -0.2) is 4.79 Å². The van der Waals surface area contributed by atoms with Crippen LogP contribution in [0.3, 0.4) is 0 Å². The monoisotopic (exact) mass is 255 g/mol. The van der Waals surface area contributed by atoms with Gasteiger partial charge in [-0.1, -0.05) is 18.4 Å². The number of ether oxygens (including phenoxy) is 1. The molecular weight excluding hydrogens is 238 g/mol. The molecule has 1 spiro atoms. The van der Waals surface area contributed by atoms with Crippen molar-refractivity contribution in [2.75, 3.05) is 6.54 Å². The van der Waals surface area contributed by atoms with Crippen LogP contribution in [0.2, 0.25) is 0 Å². The summed E-state index contributed by atoms with van der Waals surface area (Å²) in [5.74, 6) is 5.94. The zero-order chi connectivity index (χ0) is 13.0. The Morgan fingerprint density at radius 1 is 1.47 bits per heavy atom. The summed E-state index contributed by atoms with van der Waals surface area (Å²) < 4.78 is 5.81. The Morgan fingerprint density at radius 3 is 3.21 bits per heavy atom. The number of hydrogen-bond donors (Lipinski definition) is 0. The molecule has 0 saturated carbocycles. The van der Waals surface area contributed by atoms with Crippen molar-refractivity contribution in [1.82, 2.24) is 4.90 Å². The minimum Gasteiger partial charge on any atom is -0.449 e. The van der Waals surface area contributed by atoms with Crippen LogP contribution in [0.1, 0.15) is 32.6 Å². The summed E-state index contributed by atoms with van der Waals surface area (Å²) in [7, 11) is 0. The quantitative estimate of drug-likeness (QED) is 0.488. The van der Waals surface area contributed by atoms with Gasteiger partial charge in [0, 0.05) is 29.7 Å². The predicted molar refractivity (Wildman–Crippen MR) is 71.2 cm³/mol. The molecule has 0 radical (unpaired) electrons. The van der Waals surface area contributed by atoms with Crippen LogP contribution in [0.25, 0.3) is 0 Å². The maximum Gasteiger partial charge on any atom is 0.332 e. The third-order valence-corrected chi connectivity index (χ3v) is 4.93. The van der Waals surface area contributed by atoms with Gasteiger partial charge in [0.25, 0.3) is 0 Å². The minimum atomic E-state index is -0.393. The summed E-state index contributed by atoms with van der Waals surface area (Å²) in [5, 5.41) is 0. The van der Waals surface area contributed by atoms with E-state index in [0.717, 1.165) is 30.5 Å². The first-order chi connectivity index (χ1) is 9.24. The predicted octanol–water partition coefficient (Wildman–Crippen LogP) is 1.80. The Balaban J connectivity index is 1.87. The van der Waals surface area contributed by atoms with E-state index in [1.807, 2.05) is 6.92 Å². The molecule has 3 nitrogen and oxygen atoms in total. The van der Waals surface area contributed by atoms with Gasteiger partial charge in [-0.05, 0) is 26.3 Å². The lowest BCUT2D eigenvalue weighted by molar-refractivity contribution is -0.148. The fraction of sp³-hybridized carbons (Fsp3) is 0.562. The van der Waals surface area contributed by atoms with E-state index in [1.165, 1.54) is 12.8 Å². The smallest absolute Gasteiger partial charge is 0.332 e. The molecule has 1 unspecified atom stereocenters. The molecule has 2 bridgehead atoms. The van der Waals surface area contributed by atoms with Gasteiger partial charge in [0.1, 0.15) is 0 Å². The van der Waals surface area contributed by atoms with Gasteiger partial charge < -0.3 is 4.74 Å².